The Balaban J connectivity index is 2.09. The SMILES string of the molecule is Cc1ccc(NS(=O)(=O)c2cnn(C)c2CCO)c2[nH]cc(C#N)c12. The molecule has 0 bridgehead atoms. The molecule has 3 N–H and O–H groups in total. The summed E-state index contributed by atoms with van der Waals surface area (Å²) in [7, 11) is -2.27. The molecule has 0 spiro atoms. The fraction of sp³-hybridized carbons (Fsp3) is 0.250. The van der Waals surface area contributed by atoms with Gasteiger partial charge in [-0.15, -0.1) is 0 Å². The largest absolute Gasteiger partial charge is 0.396 e. The number of aliphatic hydroxyl groups excluding tert-OH is 1. The van der Waals surface area contributed by atoms with Gasteiger partial charge in [0, 0.05) is 31.7 Å². The van der Waals surface area contributed by atoms with Crippen molar-refractivity contribution in [3.63, 3.8) is 0 Å². The van der Waals surface area contributed by atoms with Gasteiger partial charge in [0.2, 0.25) is 0 Å². The lowest BCUT2D eigenvalue weighted by atomic mass is 10.1. The minimum absolute atomic E-state index is 0.0184. The summed E-state index contributed by atoms with van der Waals surface area (Å²) in [5, 5.41) is 23.0. The monoisotopic (exact) mass is 359 g/mol. The number of aromatic nitrogens is 3. The maximum atomic E-state index is 12.8. The normalized spacial score (nSPS) is 11.6. The van der Waals surface area contributed by atoms with E-state index in [1.807, 2.05) is 6.92 Å². The third-order valence-corrected chi connectivity index (χ3v) is 5.48. The average molecular weight is 359 g/mol. The summed E-state index contributed by atoms with van der Waals surface area (Å²) in [6.07, 6.45) is 2.99. The van der Waals surface area contributed by atoms with Gasteiger partial charge >= 0.3 is 0 Å². The predicted octanol–water partition coefficient (Wildman–Crippen LogP) is 1.42. The number of anilines is 1. The van der Waals surface area contributed by atoms with Crippen LogP contribution in [-0.4, -0.2) is 34.9 Å². The Morgan fingerprint density at radius 2 is 2.20 bits per heavy atom. The quantitative estimate of drug-likeness (QED) is 0.635. The molecule has 8 nitrogen and oxygen atoms in total. The van der Waals surface area contributed by atoms with E-state index in [4.69, 9.17) is 5.11 Å². The van der Waals surface area contributed by atoms with Gasteiger partial charge in [-0.25, -0.2) is 8.42 Å². The van der Waals surface area contributed by atoms with Crippen LogP contribution in [0.15, 0.2) is 29.4 Å². The topological polar surface area (TPSA) is 124 Å². The van der Waals surface area contributed by atoms with Crippen LogP contribution in [0, 0.1) is 18.3 Å². The Hall–Kier alpha value is -2.83. The molecule has 3 aromatic rings. The van der Waals surface area contributed by atoms with Crippen LogP contribution in [0.5, 0.6) is 0 Å². The summed E-state index contributed by atoms with van der Waals surface area (Å²) in [6.45, 7) is 1.68. The first-order chi connectivity index (χ1) is 11.9. The molecule has 2 aromatic heterocycles. The smallest absolute Gasteiger partial charge is 0.265 e. The number of aromatic amines is 1. The van der Waals surface area contributed by atoms with Crippen molar-refractivity contribution in [2.45, 2.75) is 18.2 Å². The number of nitrogens with zero attached hydrogens (tertiary/aromatic N) is 3. The van der Waals surface area contributed by atoms with Crippen LogP contribution < -0.4 is 4.72 Å². The van der Waals surface area contributed by atoms with Crippen molar-refractivity contribution in [2.24, 2.45) is 7.05 Å². The number of sulfonamides is 1. The molecule has 0 saturated carbocycles. The van der Waals surface area contributed by atoms with Crippen molar-refractivity contribution in [3.05, 3.63) is 41.3 Å². The van der Waals surface area contributed by atoms with Crippen LogP contribution >= 0.6 is 0 Å². The van der Waals surface area contributed by atoms with E-state index in [2.05, 4.69) is 20.9 Å². The van der Waals surface area contributed by atoms with Crippen LogP contribution in [0.3, 0.4) is 0 Å². The fourth-order valence-corrected chi connectivity index (χ4v) is 4.15. The molecule has 2 heterocycles. The average Bonchev–Trinajstić information content (AvgIpc) is 3.16. The van der Waals surface area contributed by atoms with E-state index in [1.54, 1.807) is 25.4 Å². The lowest BCUT2D eigenvalue weighted by Gasteiger charge is -2.11. The third kappa shape index (κ3) is 2.86. The van der Waals surface area contributed by atoms with E-state index < -0.39 is 10.0 Å². The molecule has 0 saturated heterocycles. The Bertz CT molecular complexity index is 1090. The van der Waals surface area contributed by atoms with Gasteiger partial charge in [-0.1, -0.05) is 6.07 Å². The van der Waals surface area contributed by atoms with Gasteiger partial charge in [-0.3, -0.25) is 9.40 Å². The Morgan fingerprint density at radius 1 is 1.44 bits per heavy atom. The van der Waals surface area contributed by atoms with E-state index >= 15 is 0 Å². The summed E-state index contributed by atoms with van der Waals surface area (Å²) in [6, 6.07) is 5.50. The number of hydrogen-bond donors (Lipinski definition) is 3. The highest BCUT2D eigenvalue weighted by molar-refractivity contribution is 7.92. The molecule has 1 aromatic carbocycles. The molecule has 25 heavy (non-hydrogen) atoms. The highest BCUT2D eigenvalue weighted by atomic mass is 32.2. The number of aliphatic hydroxyl groups is 1. The van der Waals surface area contributed by atoms with Crippen LogP contribution in [0.4, 0.5) is 5.69 Å². The first kappa shape index (κ1) is 17.0. The first-order valence-electron chi connectivity index (χ1n) is 7.54. The molecule has 0 atom stereocenters. The molecule has 130 valence electrons. The number of nitriles is 1. The zero-order valence-electron chi connectivity index (χ0n) is 13.7. The highest BCUT2D eigenvalue weighted by Gasteiger charge is 2.23. The number of rotatable bonds is 5. The van der Waals surface area contributed by atoms with Crippen LogP contribution in [0.25, 0.3) is 10.9 Å². The summed E-state index contributed by atoms with van der Waals surface area (Å²) in [5.74, 6) is 0. The molecule has 0 fully saturated rings. The van der Waals surface area contributed by atoms with Crippen molar-refractivity contribution in [3.8, 4) is 6.07 Å². The van der Waals surface area contributed by atoms with Gasteiger partial charge in [0.05, 0.1) is 28.7 Å². The highest BCUT2D eigenvalue weighted by Crippen LogP contribution is 2.30. The van der Waals surface area contributed by atoms with Crippen molar-refractivity contribution in [2.75, 3.05) is 11.3 Å². The van der Waals surface area contributed by atoms with E-state index in [0.717, 1.165) is 5.56 Å². The maximum Gasteiger partial charge on any atom is 0.265 e. The third-order valence-electron chi connectivity index (χ3n) is 4.07. The second kappa shape index (κ2) is 6.23. The molecule has 0 unspecified atom stereocenters. The van der Waals surface area contributed by atoms with Crippen molar-refractivity contribution in [1.82, 2.24) is 14.8 Å². The van der Waals surface area contributed by atoms with Gasteiger partial charge in [-0.2, -0.15) is 10.4 Å². The lowest BCUT2D eigenvalue weighted by molar-refractivity contribution is 0.295. The van der Waals surface area contributed by atoms with E-state index in [1.165, 1.54) is 10.9 Å². The first-order valence-corrected chi connectivity index (χ1v) is 9.02. The van der Waals surface area contributed by atoms with E-state index in [-0.39, 0.29) is 17.9 Å². The number of benzene rings is 1. The number of nitrogens with one attached hydrogen (secondary N) is 2. The zero-order chi connectivity index (χ0) is 18.2. The molecule has 0 aliphatic carbocycles. The molecule has 0 radical (unpaired) electrons. The number of fused-ring (bicyclic) bond motifs is 1. The standard InChI is InChI=1S/C16H17N5O3S/c1-10-3-4-12(16-15(10)11(7-17)8-18-16)20-25(23,24)14-9-19-21(2)13(14)5-6-22/h3-4,8-9,18,20,22H,5-6H2,1-2H3. The Kier molecular flexibility index (Phi) is 4.24. The number of hydrogen-bond acceptors (Lipinski definition) is 5. The fourth-order valence-electron chi connectivity index (χ4n) is 2.85. The molecular weight excluding hydrogens is 342 g/mol. The number of aryl methyl sites for hydroxylation is 2. The summed E-state index contributed by atoms with van der Waals surface area (Å²) < 4.78 is 29.6. The van der Waals surface area contributed by atoms with Crippen molar-refractivity contribution < 1.29 is 13.5 Å². The molecule has 0 aliphatic heterocycles. The minimum atomic E-state index is -3.89. The van der Waals surface area contributed by atoms with Crippen LogP contribution in [0.2, 0.25) is 0 Å². The van der Waals surface area contributed by atoms with Gasteiger partial charge in [0.1, 0.15) is 11.0 Å². The second-order valence-corrected chi connectivity index (χ2v) is 7.30. The van der Waals surface area contributed by atoms with Gasteiger partial charge < -0.3 is 10.1 Å². The molecule has 9 heteroatoms. The Morgan fingerprint density at radius 3 is 2.88 bits per heavy atom. The maximum absolute atomic E-state index is 12.8. The van der Waals surface area contributed by atoms with Crippen molar-refractivity contribution >= 4 is 26.6 Å². The molecule has 0 amide bonds. The zero-order valence-corrected chi connectivity index (χ0v) is 14.6. The van der Waals surface area contributed by atoms with E-state index in [0.29, 0.717) is 27.8 Å². The minimum Gasteiger partial charge on any atom is -0.396 e. The van der Waals surface area contributed by atoms with E-state index in [9.17, 15) is 13.7 Å². The van der Waals surface area contributed by atoms with Gasteiger partial charge in [-0.05, 0) is 18.6 Å². The van der Waals surface area contributed by atoms with Gasteiger partial charge in [0.15, 0.2) is 0 Å². The lowest BCUT2D eigenvalue weighted by Crippen LogP contribution is -2.16. The molecule has 3 rings (SSSR count). The Labute approximate surface area is 144 Å². The summed E-state index contributed by atoms with van der Waals surface area (Å²) >= 11 is 0. The number of H-pyrrole nitrogens is 1. The summed E-state index contributed by atoms with van der Waals surface area (Å²) in [4.78, 5) is 2.98. The van der Waals surface area contributed by atoms with Crippen LogP contribution in [0.1, 0.15) is 16.8 Å². The predicted molar refractivity (Wildman–Crippen MR) is 92.6 cm³/mol. The van der Waals surface area contributed by atoms with Gasteiger partial charge in [0.25, 0.3) is 10.0 Å². The van der Waals surface area contributed by atoms with Crippen molar-refractivity contribution in [1.29, 1.82) is 5.26 Å². The molecular formula is C16H17N5O3S. The van der Waals surface area contributed by atoms with Crippen LogP contribution in [-0.2, 0) is 23.5 Å². The summed E-state index contributed by atoms with van der Waals surface area (Å²) in [5.41, 5.74) is 2.64. The molecule has 0 aliphatic rings. The second-order valence-electron chi connectivity index (χ2n) is 5.65.